The Morgan fingerprint density at radius 1 is 1.13 bits per heavy atom. The van der Waals surface area contributed by atoms with Crippen LogP contribution in [0.5, 0.6) is 5.75 Å². The zero-order chi connectivity index (χ0) is 16.1. The third kappa shape index (κ3) is 4.14. The summed E-state index contributed by atoms with van der Waals surface area (Å²) in [5, 5.41) is 12.0. The molecule has 23 heavy (non-hydrogen) atoms. The number of nitrogens with one attached hydrogen (secondary N) is 1. The fraction of sp³-hybridized carbons (Fsp3) is 0.118. The Morgan fingerprint density at radius 3 is 2.74 bits per heavy atom. The fourth-order valence-electron chi connectivity index (χ4n) is 1.99. The number of amides is 1. The summed E-state index contributed by atoms with van der Waals surface area (Å²) < 4.78 is 5.39. The molecule has 1 amide bonds. The minimum atomic E-state index is -0.263. The van der Waals surface area contributed by atoms with Gasteiger partial charge in [0.1, 0.15) is 10.8 Å². The highest BCUT2D eigenvalue weighted by atomic mass is 32.1. The van der Waals surface area contributed by atoms with Crippen LogP contribution in [-0.2, 0) is 4.79 Å². The van der Waals surface area contributed by atoms with Gasteiger partial charge in [-0.25, -0.2) is 0 Å². The van der Waals surface area contributed by atoms with E-state index in [2.05, 4.69) is 15.5 Å². The van der Waals surface area contributed by atoms with E-state index in [0.29, 0.717) is 10.9 Å². The summed E-state index contributed by atoms with van der Waals surface area (Å²) in [7, 11) is 0. The largest absolute Gasteiger partial charge is 0.484 e. The number of anilines is 1. The molecule has 5 nitrogen and oxygen atoms in total. The van der Waals surface area contributed by atoms with Crippen molar-refractivity contribution in [3.8, 4) is 16.3 Å². The SMILES string of the molecule is Cc1cccc(-c2nnc(NC(=O)COc3ccccc3)s2)c1. The molecule has 2 aromatic carbocycles. The summed E-state index contributed by atoms with van der Waals surface area (Å²) in [5.74, 6) is 0.390. The zero-order valence-electron chi connectivity index (χ0n) is 12.5. The van der Waals surface area contributed by atoms with Crippen LogP contribution in [0.3, 0.4) is 0 Å². The van der Waals surface area contributed by atoms with E-state index in [1.807, 2.05) is 49.4 Å². The quantitative estimate of drug-likeness (QED) is 0.779. The maximum absolute atomic E-state index is 11.9. The molecule has 0 aliphatic heterocycles. The molecule has 0 bridgehead atoms. The van der Waals surface area contributed by atoms with Crippen LogP contribution in [0.1, 0.15) is 5.56 Å². The maximum atomic E-state index is 11.9. The molecule has 0 fully saturated rings. The molecule has 0 aliphatic carbocycles. The number of nitrogens with zero attached hydrogens (tertiary/aromatic N) is 2. The van der Waals surface area contributed by atoms with Crippen LogP contribution in [0.15, 0.2) is 54.6 Å². The molecular formula is C17H15N3O2S. The molecule has 6 heteroatoms. The lowest BCUT2D eigenvalue weighted by Crippen LogP contribution is -2.20. The number of hydrogen-bond donors (Lipinski definition) is 1. The van der Waals surface area contributed by atoms with Crippen molar-refractivity contribution in [2.24, 2.45) is 0 Å². The number of para-hydroxylation sites is 1. The fourth-order valence-corrected chi connectivity index (χ4v) is 2.75. The zero-order valence-corrected chi connectivity index (χ0v) is 13.3. The molecule has 0 atom stereocenters. The van der Waals surface area contributed by atoms with Crippen molar-refractivity contribution in [3.63, 3.8) is 0 Å². The van der Waals surface area contributed by atoms with Gasteiger partial charge in [0.15, 0.2) is 6.61 Å². The molecule has 0 spiro atoms. The van der Waals surface area contributed by atoms with Crippen LogP contribution in [0.25, 0.3) is 10.6 Å². The highest BCUT2D eigenvalue weighted by molar-refractivity contribution is 7.18. The highest BCUT2D eigenvalue weighted by Crippen LogP contribution is 2.26. The number of rotatable bonds is 5. The molecule has 3 rings (SSSR count). The van der Waals surface area contributed by atoms with Gasteiger partial charge in [-0.3, -0.25) is 10.1 Å². The summed E-state index contributed by atoms with van der Waals surface area (Å²) in [5.41, 5.74) is 2.14. The number of aryl methyl sites for hydroxylation is 1. The van der Waals surface area contributed by atoms with Crippen molar-refractivity contribution in [2.45, 2.75) is 6.92 Å². The van der Waals surface area contributed by atoms with Crippen molar-refractivity contribution in [2.75, 3.05) is 11.9 Å². The molecule has 0 aliphatic rings. The monoisotopic (exact) mass is 325 g/mol. The molecule has 1 heterocycles. The number of benzene rings is 2. The molecule has 116 valence electrons. The average molecular weight is 325 g/mol. The van der Waals surface area contributed by atoms with E-state index in [9.17, 15) is 4.79 Å². The van der Waals surface area contributed by atoms with Crippen molar-refractivity contribution < 1.29 is 9.53 Å². The lowest BCUT2D eigenvalue weighted by molar-refractivity contribution is -0.118. The lowest BCUT2D eigenvalue weighted by Gasteiger charge is -2.04. The predicted molar refractivity (Wildman–Crippen MR) is 90.6 cm³/mol. The Bertz CT molecular complexity index is 802. The van der Waals surface area contributed by atoms with Gasteiger partial charge in [-0.05, 0) is 25.1 Å². The topological polar surface area (TPSA) is 64.1 Å². The van der Waals surface area contributed by atoms with Crippen molar-refractivity contribution in [1.29, 1.82) is 0 Å². The van der Waals surface area contributed by atoms with Crippen molar-refractivity contribution in [3.05, 3.63) is 60.2 Å². The summed E-state index contributed by atoms with van der Waals surface area (Å²) >= 11 is 1.33. The average Bonchev–Trinajstić information content (AvgIpc) is 3.02. The molecule has 0 radical (unpaired) electrons. The van der Waals surface area contributed by atoms with Crippen LogP contribution < -0.4 is 10.1 Å². The third-order valence-electron chi connectivity index (χ3n) is 3.05. The molecule has 0 saturated carbocycles. The Balaban J connectivity index is 1.59. The second kappa shape index (κ2) is 7.02. The molecular weight excluding hydrogens is 310 g/mol. The molecule has 1 aromatic heterocycles. The lowest BCUT2D eigenvalue weighted by atomic mass is 10.1. The number of carbonyl (C=O) groups is 1. The Kier molecular flexibility index (Phi) is 4.63. The molecule has 0 unspecified atom stereocenters. The van der Waals surface area contributed by atoms with Gasteiger partial charge in [0.25, 0.3) is 5.91 Å². The van der Waals surface area contributed by atoms with Gasteiger partial charge in [0.05, 0.1) is 0 Å². The standard InChI is InChI=1S/C17H15N3O2S/c1-12-6-5-7-13(10-12)16-19-20-17(23-16)18-15(21)11-22-14-8-3-2-4-9-14/h2-10H,11H2,1H3,(H,18,20,21). The normalized spacial score (nSPS) is 10.3. The van der Waals surface area contributed by atoms with E-state index < -0.39 is 0 Å². The smallest absolute Gasteiger partial charge is 0.264 e. The minimum absolute atomic E-state index is 0.0661. The first-order valence-electron chi connectivity index (χ1n) is 7.09. The number of carbonyl (C=O) groups excluding carboxylic acids is 1. The Hall–Kier alpha value is -2.73. The highest BCUT2D eigenvalue weighted by Gasteiger charge is 2.10. The summed E-state index contributed by atoms with van der Waals surface area (Å²) in [6.45, 7) is 1.96. The van der Waals surface area contributed by atoms with Gasteiger partial charge in [0, 0.05) is 5.56 Å². The summed E-state index contributed by atoms with van der Waals surface area (Å²) in [4.78, 5) is 11.9. The van der Waals surface area contributed by atoms with Crippen LogP contribution in [-0.4, -0.2) is 22.7 Å². The molecule has 3 aromatic rings. The van der Waals surface area contributed by atoms with Gasteiger partial charge >= 0.3 is 0 Å². The summed E-state index contributed by atoms with van der Waals surface area (Å²) in [6.07, 6.45) is 0. The van der Waals surface area contributed by atoms with Crippen molar-refractivity contribution >= 4 is 22.4 Å². The van der Waals surface area contributed by atoms with Crippen molar-refractivity contribution in [1.82, 2.24) is 10.2 Å². The van der Waals surface area contributed by atoms with E-state index in [-0.39, 0.29) is 12.5 Å². The van der Waals surface area contributed by atoms with Crippen LogP contribution in [0.4, 0.5) is 5.13 Å². The van der Waals surface area contributed by atoms with Crippen LogP contribution in [0, 0.1) is 6.92 Å². The number of ether oxygens (including phenoxy) is 1. The molecule has 0 saturated heterocycles. The predicted octanol–water partition coefficient (Wildman–Crippen LogP) is 3.53. The number of hydrogen-bond acceptors (Lipinski definition) is 5. The third-order valence-corrected chi connectivity index (χ3v) is 3.94. The second-order valence-electron chi connectivity index (χ2n) is 4.93. The molecule has 1 N–H and O–H groups in total. The first-order chi connectivity index (χ1) is 11.2. The second-order valence-corrected chi connectivity index (χ2v) is 5.91. The van der Waals surface area contributed by atoms with Gasteiger partial charge in [-0.1, -0.05) is 53.3 Å². The van der Waals surface area contributed by atoms with E-state index >= 15 is 0 Å². The van der Waals surface area contributed by atoms with Gasteiger partial charge in [-0.2, -0.15) is 0 Å². The first kappa shape index (κ1) is 15.2. The Labute approximate surface area is 138 Å². The first-order valence-corrected chi connectivity index (χ1v) is 7.90. The summed E-state index contributed by atoms with van der Waals surface area (Å²) in [6, 6.07) is 17.2. The van der Waals surface area contributed by atoms with E-state index in [1.54, 1.807) is 12.1 Å². The Morgan fingerprint density at radius 2 is 1.96 bits per heavy atom. The van der Waals surface area contributed by atoms with Gasteiger partial charge < -0.3 is 4.74 Å². The van der Waals surface area contributed by atoms with Gasteiger partial charge in [0.2, 0.25) is 5.13 Å². The maximum Gasteiger partial charge on any atom is 0.264 e. The van der Waals surface area contributed by atoms with Crippen LogP contribution in [0.2, 0.25) is 0 Å². The van der Waals surface area contributed by atoms with E-state index in [4.69, 9.17) is 4.74 Å². The minimum Gasteiger partial charge on any atom is -0.484 e. The number of aromatic nitrogens is 2. The van der Waals surface area contributed by atoms with Gasteiger partial charge in [-0.15, -0.1) is 10.2 Å². The van der Waals surface area contributed by atoms with E-state index in [1.165, 1.54) is 11.3 Å². The van der Waals surface area contributed by atoms with E-state index in [0.717, 1.165) is 16.1 Å². The van der Waals surface area contributed by atoms with Crippen LogP contribution >= 0.6 is 11.3 Å².